The number of nitrogens with one attached hydrogen (secondary N) is 1. The fourth-order valence-electron chi connectivity index (χ4n) is 3.47. The molecular weight excluding hydrogens is 346 g/mol. The molecule has 1 aliphatic heterocycles. The number of piperidine rings is 1. The molecule has 1 unspecified atom stereocenters. The lowest BCUT2D eigenvalue weighted by Gasteiger charge is -2.31. The number of likely N-dealkylation sites (tertiary alicyclic amines) is 1. The average Bonchev–Trinajstić information content (AvgIpc) is 3.03. The number of carbonyl (C=O) groups excluding carboxylic acids is 2. The van der Waals surface area contributed by atoms with Gasteiger partial charge in [-0.15, -0.1) is 23.7 Å². The highest BCUT2D eigenvalue weighted by atomic mass is 35.5. The number of halogens is 1. The van der Waals surface area contributed by atoms with Crippen LogP contribution in [0.3, 0.4) is 0 Å². The van der Waals surface area contributed by atoms with Crippen molar-refractivity contribution in [1.29, 1.82) is 0 Å². The van der Waals surface area contributed by atoms with E-state index in [1.807, 2.05) is 4.90 Å². The van der Waals surface area contributed by atoms with Crippen molar-refractivity contribution in [1.82, 2.24) is 10.2 Å². The Morgan fingerprint density at radius 3 is 2.83 bits per heavy atom. The number of hydrogen-bond donors (Lipinski definition) is 2. The van der Waals surface area contributed by atoms with E-state index in [4.69, 9.17) is 5.73 Å². The van der Waals surface area contributed by atoms with Crippen molar-refractivity contribution >= 4 is 35.6 Å². The predicted molar refractivity (Wildman–Crippen MR) is 98.9 cm³/mol. The quantitative estimate of drug-likeness (QED) is 0.849. The summed E-state index contributed by atoms with van der Waals surface area (Å²) in [6.45, 7) is 2.22. The van der Waals surface area contributed by atoms with Gasteiger partial charge in [0.05, 0.1) is 10.8 Å². The van der Waals surface area contributed by atoms with Crippen LogP contribution < -0.4 is 11.1 Å². The van der Waals surface area contributed by atoms with E-state index < -0.39 is 0 Å². The second-order valence-corrected chi connectivity index (χ2v) is 7.57. The molecule has 0 spiro atoms. The molecule has 3 N–H and O–H groups in total. The van der Waals surface area contributed by atoms with E-state index in [-0.39, 0.29) is 30.1 Å². The van der Waals surface area contributed by atoms with Crippen molar-refractivity contribution in [3.63, 3.8) is 0 Å². The van der Waals surface area contributed by atoms with E-state index in [0.717, 1.165) is 37.1 Å². The first-order chi connectivity index (χ1) is 11.2. The number of amides is 2. The predicted octanol–water partition coefficient (Wildman–Crippen LogP) is 1.98. The average molecular weight is 372 g/mol. The molecular formula is C17H26ClN3O2S. The van der Waals surface area contributed by atoms with Gasteiger partial charge in [0.25, 0.3) is 5.91 Å². The molecule has 1 aromatic heterocycles. The Morgan fingerprint density at radius 1 is 1.29 bits per heavy atom. The van der Waals surface area contributed by atoms with E-state index in [1.54, 1.807) is 11.3 Å². The molecule has 7 heteroatoms. The van der Waals surface area contributed by atoms with Crippen LogP contribution in [0.4, 0.5) is 0 Å². The Labute approximate surface area is 153 Å². The van der Waals surface area contributed by atoms with Gasteiger partial charge in [-0.3, -0.25) is 9.59 Å². The van der Waals surface area contributed by atoms with E-state index in [1.165, 1.54) is 23.3 Å². The number of rotatable bonds is 4. The lowest BCUT2D eigenvalue weighted by molar-refractivity contribution is -0.126. The minimum Gasteiger partial charge on any atom is -0.355 e. The van der Waals surface area contributed by atoms with Gasteiger partial charge in [-0.2, -0.15) is 0 Å². The third kappa shape index (κ3) is 4.29. The van der Waals surface area contributed by atoms with Crippen LogP contribution in [-0.4, -0.2) is 42.9 Å². The number of nitrogens with two attached hydrogens (primary N) is 1. The van der Waals surface area contributed by atoms with Crippen molar-refractivity contribution in [3.8, 4) is 0 Å². The summed E-state index contributed by atoms with van der Waals surface area (Å²) in [6, 6.07) is 2.08. The van der Waals surface area contributed by atoms with Crippen LogP contribution in [0, 0.1) is 5.92 Å². The topological polar surface area (TPSA) is 75.4 Å². The summed E-state index contributed by atoms with van der Waals surface area (Å²) in [5.74, 6) is 0.0213. The first kappa shape index (κ1) is 19.2. The molecule has 0 bridgehead atoms. The van der Waals surface area contributed by atoms with Crippen molar-refractivity contribution in [3.05, 3.63) is 21.4 Å². The van der Waals surface area contributed by atoms with Crippen LogP contribution in [0.1, 0.15) is 45.8 Å². The molecule has 1 atom stereocenters. The van der Waals surface area contributed by atoms with Gasteiger partial charge >= 0.3 is 0 Å². The van der Waals surface area contributed by atoms with E-state index in [2.05, 4.69) is 11.4 Å². The van der Waals surface area contributed by atoms with Gasteiger partial charge in [0.2, 0.25) is 5.91 Å². The van der Waals surface area contributed by atoms with Crippen LogP contribution in [-0.2, 0) is 17.6 Å². The maximum atomic E-state index is 12.8. The summed E-state index contributed by atoms with van der Waals surface area (Å²) in [5, 5.41) is 2.84. The maximum absolute atomic E-state index is 12.8. The normalized spacial score (nSPS) is 20.0. The molecule has 0 aromatic carbocycles. The summed E-state index contributed by atoms with van der Waals surface area (Å²) < 4.78 is 0. The van der Waals surface area contributed by atoms with Gasteiger partial charge in [0, 0.05) is 31.1 Å². The highest BCUT2D eigenvalue weighted by Gasteiger charge is 2.30. The molecule has 1 aromatic rings. The summed E-state index contributed by atoms with van der Waals surface area (Å²) in [4.78, 5) is 29.0. The van der Waals surface area contributed by atoms with Crippen molar-refractivity contribution in [2.24, 2.45) is 11.7 Å². The highest BCUT2D eigenvalue weighted by Crippen LogP contribution is 2.31. The monoisotopic (exact) mass is 371 g/mol. The lowest BCUT2D eigenvalue weighted by atomic mass is 9.96. The third-order valence-corrected chi connectivity index (χ3v) is 5.96. The van der Waals surface area contributed by atoms with Gasteiger partial charge < -0.3 is 16.0 Å². The van der Waals surface area contributed by atoms with E-state index in [9.17, 15) is 9.59 Å². The lowest BCUT2D eigenvalue weighted by Crippen LogP contribution is -2.46. The second-order valence-electron chi connectivity index (χ2n) is 6.44. The molecule has 5 nitrogen and oxygen atoms in total. The molecule has 0 saturated carbocycles. The van der Waals surface area contributed by atoms with Gasteiger partial charge in [-0.1, -0.05) is 0 Å². The molecule has 1 fully saturated rings. The zero-order chi connectivity index (χ0) is 16.2. The van der Waals surface area contributed by atoms with Crippen LogP contribution in [0.25, 0.3) is 0 Å². The molecule has 1 saturated heterocycles. The largest absolute Gasteiger partial charge is 0.355 e. The SMILES string of the molecule is Cl.NCCNC(=O)C1CCCN(C(=O)c2cc3c(s2)CCCC3)C1. The van der Waals surface area contributed by atoms with Crippen LogP contribution >= 0.6 is 23.7 Å². The van der Waals surface area contributed by atoms with Crippen molar-refractivity contribution in [2.45, 2.75) is 38.5 Å². The molecule has 2 amide bonds. The third-order valence-electron chi connectivity index (χ3n) is 4.73. The first-order valence-electron chi connectivity index (χ1n) is 8.57. The Balaban J connectivity index is 0.00000208. The Bertz CT molecular complexity index is 567. The number of thiophene rings is 1. The Morgan fingerprint density at radius 2 is 2.08 bits per heavy atom. The van der Waals surface area contributed by atoms with Gasteiger partial charge in [-0.05, 0) is 50.2 Å². The fourth-order valence-corrected chi connectivity index (χ4v) is 4.69. The maximum Gasteiger partial charge on any atom is 0.263 e. The summed E-state index contributed by atoms with van der Waals surface area (Å²) in [7, 11) is 0. The zero-order valence-electron chi connectivity index (χ0n) is 13.9. The molecule has 24 heavy (non-hydrogen) atoms. The molecule has 134 valence electrons. The zero-order valence-corrected chi connectivity index (χ0v) is 15.5. The summed E-state index contributed by atoms with van der Waals surface area (Å²) in [6.07, 6.45) is 6.40. The molecule has 2 heterocycles. The molecule has 0 radical (unpaired) electrons. The number of carbonyl (C=O) groups is 2. The first-order valence-corrected chi connectivity index (χ1v) is 9.39. The highest BCUT2D eigenvalue weighted by molar-refractivity contribution is 7.14. The van der Waals surface area contributed by atoms with Gasteiger partial charge in [0.15, 0.2) is 0 Å². The van der Waals surface area contributed by atoms with Crippen molar-refractivity contribution < 1.29 is 9.59 Å². The molecule has 1 aliphatic carbocycles. The standard InChI is InChI=1S/C17H25N3O2S.ClH/c18-7-8-19-16(21)13-5-3-9-20(11-13)17(22)15-10-12-4-1-2-6-14(12)23-15;/h10,13H,1-9,11,18H2,(H,19,21);1H. The Kier molecular flexibility index (Phi) is 7.07. The number of aryl methyl sites for hydroxylation is 2. The summed E-state index contributed by atoms with van der Waals surface area (Å²) in [5.41, 5.74) is 6.79. The van der Waals surface area contributed by atoms with Crippen LogP contribution in [0.5, 0.6) is 0 Å². The van der Waals surface area contributed by atoms with Crippen molar-refractivity contribution in [2.75, 3.05) is 26.2 Å². The van der Waals surface area contributed by atoms with Crippen LogP contribution in [0.2, 0.25) is 0 Å². The second kappa shape index (κ2) is 8.83. The molecule has 2 aliphatic rings. The number of nitrogens with zero attached hydrogens (tertiary/aromatic N) is 1. The van der Waals surface area contributed by atoms with Gasteiger partial charge in [-0.25, -0.2) is 0 Å². The minimum absolute atomic E-state index is 0. The number of fused-ring (bicyclic) bond motifs is 1. The smallest absolute Gasteiger partial charge is 0.263 e. The fraction of sp³-hybridized carbons (Fsp3) is 0.647. The van der Waals surface area contributed by atoms with E-state index in [0.29, 0.717) is 19.6 Å². The van der Waals surface area contributed by atoms with Gasteiger partial charge in [0.1, 0.15) is 0 Å². The van der Waals surface area contributed by atoms with E-state index >= 15 is 0 Å². The van der Waals surface area contributed by atoms with Crippen LogP contribution in [0.15, 0.2) is 6.07 Å². The number of hydrogen-bond acceptors (Lipinski definition) is 4. The molecule has 3 rings (SSSR count). The summed E-state index contributed by atoms with van der Waals surface area (Å²) >= 11 is 1.65. The Hall–Kier alpha value is -1.11. The minimum atomic E-state index is -0.103.